The number of carbonyl (C=O) groups excluding carboxylic acids is 1. The van der Waals surface area contributed by atoms with Crippen molar-refractivity contribution in [2.24, 2.45) is 5.92 Å². The van der Waals surface area contributed by atoms with Crippen molar-refractivity contribution in [1.29, 1.82) is 0 Å². The van der Waals surface area contributed by atoms with Gasteiger partial charge in [0, 0.05) is 5.54 Å². The average Bonchev–Trinajstić information content (AvgIpc) is 2.35. The summed E-state index contributed by atoms with van der Waals surface area (Å²) in [5, 5.41) is 32.9. The van der Waals surface area contributed by atoms with E-state index in [1.54, 1.807) is 13.0 Å². The zero-order valence-corrected chi connectivity index (χ0v) is 13.5. The lowest BCUT2D eigenvalue weighted by atomic mass is 9.71. The molecule has 0 heterocycles. The molecule has 0 spiro atoms. The molecule has 0 aromatic heterocycles. The Morgan fingerprint density at radius 1 is 1.24 bits per heavy atom. The van der Waals surface area contributed by atoms with Crippen LogP contribution in [0.25, 0.3) is 0 Å². The minimum absolute atomic E-state index is 0.0734. The van der Waals surface area contributed by atoms with E-state index in [1.807, 2.05) is 6.92 Å². The summed E-state index contributed by atoms with van der Waals surface area (Å²) in [6.07, 6.45) is 5.98. The summed E-state index contributed by atoms with van der Waals surface area (Å²) >= 11 is 0. The maximum Gasteiger partial charge on any atom is 0.207 e. The molecule has 1 amide bonds. The Morgan fingerprint density at radius 3 is 2.19 bits per heavy atom. The van der Waals surface area contributed by atoms with Gasteiger partial charge in [0.15, 0.2) is 0 Å². The number of hydrogen-bond acceptors (Lipinski definition) is 4. The largest absolute Gasteiger partial charge is 0.387 e. The molecule has 1 saturated carbocycles. The summed E-state index contributed by atoms with van der Waals surface area (Å²) in [6.45, 7) is 6.78. The second-order valence-corrected chi connectivity index (χ2v) is 7.28. The van der Waals surface area contributed by atoms with Crippen LogP contribution in [0.5, 0.6) is 0 Å². The molecular weight excluding hydrogens is 270 g/mol. The van der Waals surface area contributed by atoms with E-state index in [0.29, 0.717) is 0 Å². The van der Waals surface area contributed by atoms with E-state index in [1.165, 1.54) is 19.9 Å². The number of aliphatic hydroxyl groups excluding tert-OH is 1. The number of carbonyl (C=O) groups is 1. The number of amides is 1. The third-order valence-electron chi connectivity index (χ3n) is 4.66. The molecule has 1 aliphatic carbocycles. The van der Waals surface area contributed by atoms with Gasteiger partial charge in [-0.25, -0.2) is 0 Å². The Kier molecular flexibility index (Phi) is 5.58. The van der Waals surface area contributed by atoms with Gasteiger partial charge in [-0.05, 0) is 59.3 Å². The third-order valence-corrected chi connectivity index (χ3v) is 4.66. The maximum absolute atomic E-state index is 10.6. The Balaban J connectivity index is 2.65. The van der Waals surface area contributed by atoms with Crippen LogP contribution >= 0.6 is 0 Å². The van der Waals surface area contributed by atoms with Gasteiger partial charge in [-0.15, -0.1) is 0 Å². The normalized spacial score (nSPS) is 31.7. The van der Waals surface area contributed by atoms with E-state index >= 15 is 0 Å². The molecule has 5 heteroatoms. The van der Waals surface area contributed by atoms with E-state index in [0.717, 1.165) is 32.1 Å². The van der Waals surface area contributed by atoms with Crippen molar-refractivity contribution in [1.82, 2.24) is 5.32 Å². The highest BCUT2D eigenvalue weighted by atomic mass is 16.3. The highest BCUT2D eigenvalue weighted by Crippen LogP contribution is 2.38. The van der Waals surface area contributed by atoms with Crippen LogP contribution in [0, 0.1) is 5.92 Å². The van der Waals surface area contributed by atoms with Gasteiger partial charge in [0.25, 0.3) is 0 Å². The van der Waals surface area contributed by atoms with Crippen molar-refractivity contribution in [2.45, 2.75) is 76.2 Å². The molecule has 4 N–H and O–H groups in total. The average molecular weight is 299 g/mol. The summed E-state index contributed by atoms with van der Waals surface area (Å²) in [7, 11) is 0. The highest BCUT2D eigenvalue weighted by Gasteiger charge is 2.38. The molecule has 0 bridgehead atoms. The van der Waals surface area contributed by atoms with Gasteiger partial charge in [0.1, 0.15) is 6.10 Å². The molecule has 0 aromatic carbocycles. The molecule has 0 saturated heterocycles. The smallest absolute Gasteiger partial charge is 0.207 e. The van der Waals surface area contributed by atoms with Crippen LogP contribution in [0.1, 0.15) is 53.4 Å². The lowest BCUT2D eigenvalue weighted by Gasteiger charge is -2.41. The molecule has 1 aliphatic rings. The lowest BCUT2D eigenvalue weighted by Crippen LogP contribution is -2.47. The minimum Gasteiger partial charge on any atom is -0.387 e. The second-order valence-electron chi connectivity index (χ2n) is 7.28. The van der Waals surface area contributed by atoms with E-state index in [2.05, 4.69) is 5.32 Å². The SMILES string of the molecule is CC1(NC=O)CCC(C(C)(O)/C=C/C(O)C(C)(C)O)CC1. The van der Waals surface area contributed by atoms with Crippen LogP contribution in [0.15, 0.2) is 12.2 Å². The highest BCUT2D eigenvalue weighted by molar-refractivity contribution is 5.47. The monoisotopic (exact) mass is 299 g/mol. The van der Waals surface area contributed by atoms with E-state index in [4.69, 9.17) is 0 Å². The standard InChI is InChI=1S/C16H29NO4/c1-14(2,20)13(19)7-10-16(4,21)12-5-8-15(3,9-6-12)17-11-18/h7,10-13,19-21H,5-6,8-9H2,1-4H3,(H,17,18)/b10-7+. The Labute approximate surface area is 127 Å². The summed E-state index contributed by atoms with van der Waals surface area (Å²) in [5.41, 5.74) is -2.45. The zero-order valence-electron chi connectivity index (χ0n) is 13.5. The van der Waals surface area contributed by atoms with Crippen LogP contribution in [0.3, 0.4) is 0 Å². The van der Waals surface area contributed by atoms with Gasteiger partial charge in [0.2, 0.25) is 6.41 Å². The first-order valence-corrected chi connectivity index (χ1v) is 7.54. The molecule has 1 rings (SSSR count). The molecule has 5 nitrogen and oxygen atoms in total. The van der Waals surface area contributed by atoms with Gasteiger partial charge < -0.3 is 20.6 Å². The molecule has 2 unspecified atom stereocenters. The second kappa shape index (κ2) is 6.46. The third kappa shape index (κ3) is 5.09. The number of nitrogens with one attached hydrogen (secondary N) is 1. The van der Waals surface area contributed by atoms with Crippen molar-refractivity contribution < 1.29 is 20.1 Å². The lowest BCUT2D eigenvalue weighted by molar-refractivity contribution is -0.111. The molecule has 0 aromatic rings. The van der Waals surface area contributed by atoms with Gasteiger partial charge in [-0.3, -0.25) is 4.79 Å². The summed E-state index contributed by atoms with van der Waals surface area (Å²) in [5.74, 6) is 0.0734. The van der Waals surface area contributed by atoms with Crippen molar-refractivity contribution >= 4 is 6.41 Å². The Morgan fingerprint density at radius 2 is 1.76 bits per heavy atom. The van der Waals surface area contributed by atoms with Crippen LogP contribution in [0.4, 0.5) is 0 Å². The van der Waals surface area contributed by atoms with E-state index in [9.17, 15) is 20.1 Å². The van der Waals surface area contributed by atoms with Crippen LogP contribution < -0.4 is 5.32 Å². The molecular formula is C16H29NO4. The Hall–Kier alpha value is -0.910. The zero-order chi connectivity index (χ0) is 16.3. The minimum atomic E-state index is -1.23. The molecule has 0 aliphatic heterocycles. The Bertz CT molecular complexity index is 376. The summed E-state index contributed by atoms with van der Waals surface area (Å²) in [4.78, 5) is 10.6. The van der Waals surface area contributed by atoms with Crippen molar-refractivity contribution in [3.63, 3.8) is 0 Å². The molecule has 0 radical (unpaired) electrons. The molecule has 2 atom stereocenters. The number of rotatable bonds is 6. The van der Waals surface area contributed by atoms with Crippen LogP contribution in [-0.4, -0.2) is 44.6 Å². The fraction of sp³-hybridized carbons (Fsp3) is 0.812. The predicted octanol–water partition coefficient (Wildman–Crippen LogP) is 1.12. The first-order chi connectivity index (χ1) is 9.50. The van der Waals surface area contributed by atoms with Crippen molar-refractivity contribution in [3.05, 3.63) is 12.2 Å². The molecule has 21 heavy (non-hydrogen) atoms. The van der Waals surface area contributed by atoms with E-state index in [-0.39, 0.29) is 11.5 Å². The van der Waals surface area contributed by atoms with Gasteiger partial charge in [-0.1, -0.05) is 12.2 Å². The number of hydrogen-bond donors (Lipinski definition) is 4. The van der Waals surface area contributed by atoms with Crippen LogP contribution in [0.2, 0.25) is 0 Å². The van der Waals surface area contributed by atoms with Crippen molar-refractivity contribution in [2.75, 3.05) is 0 Å². The van der Waals surface area contributed by atoms with E-state index < -0.39 is 17.3 Å². The van der Waals surface area contributed by atoms with Gasteiger partial charge in [-0.2, -0.15) is 0 Å². The van der Waals surface area contributed by atoms with Gasteiger partial charge in [0.05, 0.1) is 11.2 Å². The van der Waals surface area contributed by atoms with Crippen molar-refractivity contribution in [3.8, 4) is 0 Å². The summed E-state index contributed by atoms with van der Waals surface area (Å²) < 4.78 is 0. The molecule has 122 valence electrons. The first-order valence-electron chi connectivity index (χ1n) is 7.54. The topological polar surface area (TPSA) is 89.8 Å². The number of aliphatic hydroxyl groups is 3. The first kappa shape index (κ1) is 18.1. The quantitative estimate of drug-likeness (QED) is 0.437. The fourth-order valence-corrected chi connectivity index (χ4v) is 2.78. The summed E-state index contributed by atoms with van der Waals surface area (Å²) in [6, 6.07) is 0. The predicted molar refractivity (Wildman–Crippen MR) is 81.6 cm³/mol. The van der Waals surface area contributed by atoms with Crippen LogP contribution in [-0.2, 0) is 4.79 Å². The molecule has 1 fully saturated rings. The maximum atomic E-state index is 10.6. The van der Waals surface area contributed by atoms with Gasteiger partial charge >= 0.3 is 0 Å². The fourth-order valence-electron chi connectivity index (χ4n) is 2.78.